The van der Waals surface area contributed by atoms with Crippen molar-refractivity contribution in [3.8, 4) is 17.0 Å². The van der Waals surface area contributed by atoms with Crippen LogP contribution < -0.4 is 21.1 Å². The van der Waals surface area contributed by atoms with Gasteiger partial charge in [0, 0.05) is 49.1 Å². The molecule has 142 valence electrons. The summed E-state index contributed by atoms with van der Waals surface area (Å²) in [6.07, 6.45) is 4.18. The predicted molar refractivity (Wildman–Crippen MR) is 106 cm³/mol. The number of rotatable bonds is 5. The lowest BCUT2D eigenvalue weighted by Gasteiger charge is -2.13. The molecule has 1 aromatic carbocycles. The first kappa shape index (κ1) is 17.7. The van der Waals surface area contributed by atoms with E-state index in [1.54, 1.807) is 25.5 Å². The van der Waals surface area contributed by atoms with Crippen molar-refractivity contribution in [3.05, 3.63) is 59.4 Å². The van der Waals surface area contributed by atoms with E-state index in [4.69, 9.17) is 10.5 Å². The van der Waals surface area contributed by atoms with Gasteiger partial charge in [0.1, 0.15) is 0 Å². The van der Waals surface area contributed by atoms with Crippen molar-refractivity contribution in [1.29, 1.82) is 0 Å². The number of carbonyl (C=O) groups excluding carboxylic acids is 1. The zero-order valence-corrected chi connectivity index (χ0v) is 15.4. The number of nitrogens with zero attached hydrogens (tertiary/aromatic N) is 3. The van der Waals surface area contributed by atoms with Crippen LogP contribution in [0.4, 0.5) is 11.8 Å². The lowest BCUT2D eigenvalue weighted by Crippen LogP contribution is -2.18. The largest absolute Gasteiger partial charge is 0.489 e. The summed E-state index contributed by atoms with van der Waals surface area (Å²) < 4.78 is 5.83. The van der Waals surface area contributed by atoms with Crippen molar-refractivity contribution >= 4 is 17.7 Å². The van der Waals surface area contributed by atoms with Gasteiger partial charge in [-0.05, 0) is 23.8 Å². The first-order chi connectivity index (χ1) is 13.7. The Kier molecular flexibility index (Phi) is 4.76. The molecule has 0 unspecified atom stereocenters. The van der Waals surface area contributed by atoms with E-state index in [1.165, 1.54) is 0 Å². The maximum atomic E-state index is 11.8. The van der Waals surface area contributed by atoms with E-state index in [1.807, 2.05) is 24.3 Å². The van der Waals surface area contributed by atoms with Gasteiger partial charge in [0.2, 0.25) is 5.95 Å². The van der Waals surface area contributed by atoms with E-state index in [9.17, 15) is 4.79 Å². The quantitative estimate of drug-likeness (QED) is 0.624. The summed E-state index contributed by atoms with van der Waals surface area (Å²) in [5.41, 5.74) is 9.98. The lowest BCUT2D eigenvalue weighted by atomic mass is 10.0. The second-order valence-corrected chi connectivity index (χ2v) is 6.36. The summed E-state index contributed by atoms with van der Waals surface area (Å²) in [5.74, 6) is 1.52. The third kappa shape index (κ3) is 3.44. The van der Waals surface area contributed by atoms with Gasteiger partial charge in [-0.15, -0.1) is 0 Å². The third-order valence-electron chi connectivity index (χ3n) is 4.56. The molecule has 4 N–H and O–H groups in total. The van der Waals surface area contributed by atoms with E-state index in [0.717, 1.165) is 34.6 Å². The molecular formula is C20H20N6O2. The van der Waals surface area contributed by atoms with Gasteiger partial charge in [-0.3, -0.25) is 4.79 Å². The molecule has 3 aromatic rings. The van der Waals surface area contributed by atoms with Crippen LogP contribution in [0, 0.1) is 0 Å². The van der Waals surface area contributed by atoms with E-state index >= 15 is 0 Å². The third-order valence-corrected chi connectivity index (χ3v) is 4.56. The summed E-state index contributed by atoms with van der Waals surface area (Å²) in [6.45, 7) is 1.11. The number of pyridine rings is 1. The Labute approximate surface area is 162 Å². The van der Waals surface area contributed by atoms with E-state index in [0.29, 0.717) is 24.5 Å². The number of amides is 1. The Morgan fingerprint density at radius 3 is 3.00 bits per heavy atom. The molecule has 0 fully saturated rings. The zero-order valence-electron chi connectivity index (χ0n) is 15.4. The molecule has 1 aliphatic rings. The van der Waals surface area contributed by atoms with Gasteiger partial charge in [0.25, 0.3) is 5.91 Å². The molecule has 0 bridgehead atoms. The van der Waals surface area contributed by atoms with Crippen molar-refractivity contribution in [2.24, 2.45) is 0 Å². The Bertz CT molecular complexity index is 1040. The van der Waals surface area contributed by atoms with Gasteiger partial charge >= 0.3 is 0 Å². The summed E-state index contributed by atoms with van der Waals surface area (Å²) in [5, 5.41) is 5.94. The normalized spacial score (nSPS) is 12.2. The molecule has 0 aliphatic carbocycles. The topological polar surface area (TPSA) is 115 Å². The number of hydrogen-bond acceptors (Lipinski definition) is 7. The highest BCUT2D eigenvalue weighted by Gasteiger charge is 2.23. The first-order valence-corrected chi connectivity index (χ1v) is 8.94. The number of fused-ring (bicyclic) bond motifs is 1. The number of aromatic nitrogens is 3. The molecule has 8 nitrogen and oxygen atoms in total. The number of carbonyl (C=O) groups is 1. The van der Waals surface area contributed by atoms with Crippen molar-refractivity contribution in [3.63, 3.8) is 0 Å². The van der Waals surface area contributed by atoms with Crippen LogP contribution in [0.5, 0.6) is 5.75 Å². The fourth-order valence-corrected chi connectivity index (χ4v) is 3.21. The molecule has 0 atom stereocenters. The second kappa shape index (κ2) is 7.51. The number of nitrogens with two attached hydrogens (primary N) is 1. The highest BCUT2D eigenvalue weighted by molar-refractivity contribution is 5.94. The molecular weight excluding hydrogens is 356 g/mol. The number of benzene rings is 1. The molecule has 3 heterocycles. The average Bonchev–Trinajstić information content (AvgIpc) is 3.21. The summed E-state index contributed by atoms with van der Waals surface area (Å²) in [4.78, 5) is 24.6. The molecule has 28 heavy (non-hydrogen) atoms. The molecule has 0 saturated carbocycles. The first-order valence-electron chi connectivity index (χ1n) is 8.94. The number of nitrogens with one attached hydrogen (secondary N) is 2. The van der Waals surface area contributed by atoms with E-state index < -0.39 is 0 Å². The highest BCUT2D eigenvalue weighted by Crippen LogP contribution is 2.38. The minimum Gasteiger partial charge on any atom is -0.489 e. The van der Waals surface area contributed by atoms with Gasteiger partial charge in [0.15, 0.2) is 11.6 Å². The van der Waals surface area contributed by atoms with Crippen molar-refractivity contribution in [2.75, 3.05) is 24.7 Å². The van der Waals surface area contributed by atoms with Gasteiger partial charge < -0.3 is 21.1 Å². The minimum absolute atomic E-state index is 0.113. The van der Waals surface area contributed by atoms with Gasteiger partial charge in [-0.25, -0.2) is 15.0 Å². The smallest absolute Gasteiger partial charge is 0.251 e. The summed E-state index contributed by atoms with van der Waals surface area (Å²) >= 11 is 0. The Hall–Kier alpha value is -3.68. The second-order valence-electron chi connectivity index (χ2n) is 6.36. The monoisotopic (exact) mass is 376 g/mol. The van der Waals surface area contributed by atoms with Crippen molar-refractivity contribution in [1.82, 2.24) is 20.3 Å². The molecule has 0 spiro atoms. The zero-order chi connectivity index (χ0) is 19.5. The Balaban J connectivity index is 1.59. The number of hydrogen-bond donors (Lipinski definition) is 3. The van der Waals surface area contributed by atoms with Crippen molar-refractivity contribution < 1.29 is 9.53 Å². The molecule has 1 aliphatic heterocycles. The number of ether oxygens (including phenoxy) is 1. The van der Waals surface area contributed by atoms with E-state index in [2.05, 4.69) is 25.6 Å². The summed E-state index contributed by atoms with van der Waals surface area (Å²) in [6, 6.07) is 9.26. The minimum atomic E-state index is -0.113. The van der Waals surface area contributed by atoms with Crippen LogP contribution in [0.1, 0.15) is 21.5 Å². The molecule has 0 radical (unpaired) electrons. The highest BCUT2D eigenvalue weighted by atomic mass is 16.5. The van der Waals surface area contributed by atoms with Crippen molar-refractivity contribution in [2.45, 2.75) is 13.0 Å². The molecule has 0 saturated heterocycles. The van der Waals surface area contributed by atoms with Gasteiger partial charge in [-0.2, -0.15) is 0 Å². The molecule has 2 aromatic heterocycles. The van der Waals surface area contributed by atoms with Crippen LogP contribution in [0.25, 0.3) is 11.3 Å². The maximum absolute atomic E-state index is 11.8. The molecule has 8 heteroatoms. The molecule has 1 amide bonds. The fraction of sp³-hybridized carbons (Fsp3) is 0.200. The summed E-state index contributed by atoms with van der Waals surface area (Å²) in [7, 11) is 1.62. The maximum Gasteiger partial charge on any atom is 0.251 e. The van der Waals surface area contributed by atoms with Crippen LogP contribution in [-0.2, 0) is 13.0 Å². The van der Waals surface area contributed by atoms with Crippen LogP contribution in [-0.4, -0.2) is 34.5 Å². The average molecular weight is 376 g/mol. The van der Waals surface area contributed by atoms with E-state index in [-0.39, 0.29) is 11.9 Å². The van der Waals surface area contributed by atoms with Crippen LogP contribution in [0.2, 0.25) is 0 Å². The Morgan fingerprint density at radius 1 is 1.29 bits per heavy atom. The predicted octanol–water partition coefficient (Wildman–Crippen LogP) is 2.03. The van der Waals surface area contributed by atoms with Crippen LogP contribution >= 0.6 is 0 Å². The fourth-order valence-electron chi connectivity index (χ4n) is 3.21. The van der Waals surface area contributed by atoms with Crippen LogP contribution in [0.3, 0.4) is 0 Å². The van der Waals surface area contributed by atoms with Gasteiger partial charge in [-0.1, -0.05) is 12.1 Å². The molecule has 4 rings (SSSR count). The van der Waals surface area contributed by atoms with Gasteiger partial charge in [0.05, 0.1) is 12.3 Å². The SMILES string of the molecule is CNC(=O)c1cccc(CNc2ncc(-c3ccnc(N)n3)c3c2OCC3)c1. The van der Waals surface area contributed by atoms with Crippen LogP contribution in [0.15, 0.2) is 42.7 Å². The Morgan fingerprint density at radius 2 is 2.18 bits per heavy atom. The lowest BCUT2D eigenvalue weighted by molar-refractivity contribution is 0.0963. The number of anilines is 2. The number of nitrogen functional groups attached to an aromatic ring is 1. The standard InChI is InChI=1S/C20H20N6O2/c1-22-19(27)13-4-2-3-12(9-13)10-24-18-17-14(6-8-28-17)15(11-25-18)16-5-7-23-20(21)26-16/h2-5,7,9,11H,6,8,10H2,1H3,(H,22,27)(H,24,25)(H2,21,23,26).